The molecule has 0 aliphatic rings. The molecule has 6 heavy (non-hydrogen) atoms. The fourth-order valence-corrected chi connectivity index (χ4v) is 0.607. The van der Waals surface area contributed by atoms with Gasteiger partial charge in [-0.2, -0.15) is 0 Å². The van der Waals surface area contributed by atoms with Crippen molar-refractivity contribution in [3.63, 3.8) is 0 Å². The molecule has 1 rings (SSSR count). The Hall–Kier alpha value is -0.500. The van der Waals surface area contributed by atoms with Gasteiger partial charge < -0.3 is 0 Å². The Kier molecular flexibility index (Phi) is 1.12. The summed E-state index contributed by atoms with van der Waals surface area (Å²) in [7, 11) is 0. The Morgan fingerprint density at radius 3 is 2.00 bits per heavy atom. The van der Waals surface area contributed by atoms with E-state index in [4.69, 9.17) is 0 Å². The van der Waals surface area contributed by atoms with E-state index in [1.54, 1.807) is 23.7 Å². The van der Waals surface area contributed by atoms with E-state index in [-0.39, 0.29) is 0 Å². The Balaban J connectivity index is 3.00. The fraction of sp³-hybridized carbons (Fsp3) is 0. The Bertz CT molecular complexity index is 79.5. The molecule has 1 aromatic heterocycles. The highest BCUT2D eigenvalue weighted by Crippen LogP contribution is 1.86. The molecule has 0 atom stereocenters. The third-order valence-corrected chi connectivity index (χ3v) is 1.01. The van der Waals surface area contributed by atoms with Crippen molar-refractivity contribution < 1.29 is 0 Å². The molecule has 0 N–H and O–H groups in total. The van der Waals surface area contributed by atoms with E-state index >= 15 is 0 Å². The largest absolute Gasteiger partial charge is 0.254 e. The monoisotopic (exact) mass is 98.0 g/mol. The third-order valence-electron chi connectivity index (χ3n) is 0.451. The lowest BCUT2D eigenvalue weighted by Crippen LogP contribution is -1.54. The zero-order valence-electron chi connectivity index (χ0n) is 3.16. The first-order valence-electron chi connectivity index (χ1n) is 1.65. The van der Waals surface area contributed by atoms with Crippen LogP contribution in [0.3, 0.4) is 0 Å². The van der Waals surface area contributed by atoms with E-state index in [1.165, 1.54) is 0 Å². The summed E-state index contributed by atoms with van der Waals surface area (Å²) in [6.45, 7) is 0. The summed E-state index contributed by atoms with van der Waals surface area (Å²) >= 11 is 1.64. The van der Waals surface area contributed by atoms with E-state index in [0.29, 0.717) is 0 Å². The lowest BCUT2D eigenvalue weighted by atomic mass is 10.9. The maximum Gasteiger partial charge on any atom is 0.214 e. The van der Waals surface area contributed by atoms with Crippen LogP contribution in [0.4, 0.5) is 0 Å². The molecule has 0 aromatic carbocycles. The summed E-state index contributed by atoms with van der Waals surface area (Å²) < 4.78 is 0. The Morgan fingerprint density at radius 1 is 1.17 bits per heavy atom. The second-order valence-corrected chi connectivity index (χ2v) is 1.67. The van der Waals surface area contributed by atoms with Gasteiger partial charge in [-0.3, -0.25) is 4.98 Å². The highest BCUT2D eigenvalue weighted by Gasteiger charge is 1.75. The van der Waals surface area contributed by atoms with Crippen molar-refractivity contribution in [2.24, 2.45) is 0 Å². The van der Waals surface area contributed by atoms with Crippen LogP contribution in [0.2, 0.25) is 0 Å². The number of rotatable bonds is 0. The molecule has 0 spiro atoms. The van der Waals surface area contributed by atoms with Crippen LogP contribution in [0.1, 0.15) is 0 Å². The van der Waals surface area contributed by atoms with Crippen molar-refractivity contribution in [3.05, 3.63) is 23.2 Å². The third kappa shape index (κ3) is 0.723. The molecule has 0 saturated carbocycles. The Labute approximate surface area is 40.3 Å². The average molecular weight is 98.1 g/mol. The molecule has 1 aromatic rings. The number of hydrogen-bond acceptors (Lipinski definition) is 1. The van der Waals surface area contributed by atoms with Crippen LogP contribution in [0.15, 0.2) is 23.2 Å². The second-order valence-electron chi connectivity index (χ2n) is 0.855. The fourth-order valence-electron chi connectivity index (χ4n) is 0.236. The molecule has 0 radical (unpaired) electrons. The van der Waals surface area contributed by atoms with Gasteiger partial charge in [0.2, 0.25) is 22.1 Å². The van der Waals surface area contributed by atoms with Crippen LogP contribution in [-0.2, 0) is 0 Å². The van der Waals surface area contributed by atoms with Gasteiger partial charge in [-0.25, -0.2) is 0 Å². The summed E-state index contributed by atoms with van der Waals surface area (Å²) in [6.07, 6.45) is 3.54. The van der Waals surface area contributed by atoms with Crippen LogP contribution in [0.25, 0.3) is 0 Å². The zero-order valence-corrected chi connectivity index (χ0v) is 3.98. The minimum Gasteiger partial charge on any atom is -0.254 e. The van der Waals surface area contributed by atoms with E-state index in [0.717, 1.165) is 0 Å². The minimum absolute atomic E-state index is 1.64. The highest BCUT2D eigenvalue weighted by molar-refractivity contribution is 7.07. The summed E-state index contributed by atoms with van der Waals surface area (Å²) in [4.78, 5) is 3.80. The topological polar surface area (TPSA) is 12.9 Å². The molecule has 2 heteroatoms. The normalized spacial score (nSPS) is 8.00. The standard InChI is InChI=1S/C4H4NS/c1-3-6-4-2-5-1/h1-4H/q+1. The lowest BCUT2D eigenvalue weighted by molar-refractivity contribution is 1.37. The van der Waals surface area contributed by atoms with Gasteiger partial charge in [-0.15, -0.1) is 0 Å². The van der Waals surface area contributed by atoms with Crippen LogP contribution in [0, 0.1) is 0 Å². The van der Waals surface area contributed by atoms with Crippen molar-refractivity contribution in [2.45, 2.75) is 0 Å². The van der Waals surface area contributed by atoms with Crippen LogP contribution in [-0.4, -0.2) is 4.98 Å². The van der Waals surface area contributed by atoms with Crippen molar-refractivity contribution in [1.29, 1.82) is 0 Å². The van der Waals surface area contributed by atoms with Gasteiger partial charge in [0.15, 0.2) is 0 Å². The molecule has 0 aliphatic carbocycles. The maximum atomic E-state index is 3.80. The lowest BCUT2D eigenvalue weighted by Gasteiger charge is -1.57. The molecule has 0 bridgehead atoms. The smallest absolute Gasteiger partial charge is 0.214 e. The maximum absolute atomic E-state index is 3.80. The Morgan fingerprint density at radius 2 is 1.83 bits per heavy atom. The summed E-state index contributed by atoms with van der Waals surface area (Å²) in [5, 5.41) is 3.86. The van der Waals surface area contributed by atoms with Gasteiger partial charge in [0.1, 0.15) is 0 Å². The summed E-state index contributed by atoms with van der Waals surface area (Å²) in [5.41, 5.74) is 0. The summed E-state index contributed by atoms with van der Waals surface area (Å²) in [5.74, 6) is 0. The molecular weight excluding hydrogens is 94.1 g/mol. The number of hydrogen-bond donors (Lipinski definition) is 0. The number of nitrogens with zero attached hydrogens (tertiary/aromatic N) is 1. The first-order valence-corrected chi connectivity index (χ1v) is 2.60. The van der Waals surface area contributed by atoms with E-state index < -0.39 is 0 Å². The second kappa shape index (κ2) is 1.82. The average Bonchev–Trinajstić information content (AvgIpc) is 1.72. The van der Waals surface area contributed by atoms with E-state index in [2.05, 4.69) is 4.98 Å². The first kappa shape index (κ1) is 3.68. The molecular formula is C4H4NS+. The van der Waals surface area contributed by atoms with Crippen molar-refractivity contribution in [3.8, 4) is 0 Å². The molecule has 0 saturated heterocycles. The molecule has 1 nitrogen and oxygen atoms in total. The van der Waals surface area contributed by atoms with Gasteiger partial charge in [0.25, 0.3) is 0 Å². The van der Waals surface area contributed by atoms with Gasteiger partial charge >= 0.3 is 0 Å². The first-order chi connectivity index (χ1) is 3.00. The minimum atomic E-state index is 1.64. The van der Waals surface area contributed by atoms with Crippen LogP contribution in [0.5, 0.6) is 0 Å². The van der Waals surface area contributed by atoms with Crippen LogP contribution < -0.4 is 0 Å². The van der Waals surface area contributed by atoms with Gasteiger partial charge in [0.05, 0.1) is 12.4 Å². The van der Waals surface area contributed by atoms with Gasteiger partial charge in [-0.1, -0.05) is 0 Å². The molecule has 30 valence electrons. The van der Waals surface area contributed by atoms with E-state index in [9.17, 15) is 0 Å². The zero-order chi connectivity index (χ0) is 4.24. The summed E-state index contributed by atoms with van der Waals surface area (Å²) in [6, 6.07) is 0. The predicted octanol–water partition coefficient (Wildman–Crippen LogP) is 1.42. The molecule has 0 aliphatic heterocycles. The number of aromatic nitrogens is 1. The molecule has 0 fully saturated rings. The van der Waals surface area contributed by atoms with Crippen molar-refractivity contribution >= 4 is 11.3 Å². The van der Waals surface area contributed by atoms with Gasteiger partial charge in [-0.05, 0) is 0 Å². The van der Waals surface area contributed by atoms with Gasteiger partial charge in [0, 0.05) is 0 Å². The van der Waals surface area contributed by atoms with E-state index in [1.807, 2.05) is 10.8 Å². The highest BCUT2D eigenvalue weighted by atomic mass is 32.1. The van der Waals surface area contributed by atoms with Crippen molar-refractivity contribution in [1.82, 2.24) is 4.98 Å². The predicted molar refractivity (Wildman–Crippen MR) is 26.5 cm³/mol. The van der Waals surface area contributed by atoms with Crippen LogP contribution >= 0.6 is 11.3 Å². The van der Waals surface area contributed by atoms with Crippen molar-refractivity contribution in [2.75, 3.05) is 0 Å². The quantitative estimate of drug-likeness (QED) is 0.447. The molecule has 0 amide bonds. The molecule has 1 heterocycles. The SMILES string of the molecule is c1c[s+]ccn1. The molecule has 0 unspecified atom stereocenters.